The minimum Gasteiger partial charge on any atom is -0.405 e. The molecule has 1 aromatic rings. The van der Waals surface area contributed by atoms with Crippen LogP contribution in [0.1, 0.15) is 18.5 Å². The van der Waals surface area contributed by atoms with Crippen LogP contribution in [-0.2, 0) is 4.74 Å². The molecule has 2 unspecified atom stereocenters. The molecule has 2 atom stereocenters. The second kappa shape index (κ2) is 7.47. The molecular weight excluding hydrogens is 273 g/mol. The number of hydrogen-bond acceptors (Lipinski definition) is 4. The van der Waals surface area contributed by atoms with Crippen LogP contribution in [0.15, 0.2) is 24.3 Å². The maximum atomic E-state index is 12.4. The van der Waals surface area contributed by atoms with Crippen LogP contribution in [0, 0.1) is 0 Å². The van der Waals surface area contributed by atoms with E-state index in [1.165, 1.54) is 12.1 Å². The predicted molar refractivity (Wildman–Crippen MR) is 69.4 cm³/mol. The standard InChI is InChI=1S/C13H19F3N2O2/c1-9(19-2)8-18-11(7-17)10-5-3-4-6-12(10)20-13(14,15)16/h3-6,9,11,18H,7-8,17H2,1-2H3. The zero-order chi connectivity index (χ0) is 15.2. The van der Waals surface area contributed by atoms with Crippen molar-refractivity contribution in [3.8, 4) is 5.75 Å². The normalized spacial score (nSPS) is 14.9. The van der Waals surface area contributed by atoms with Crippen LogP contribution in [0.2, 0.25) is 0 Å². The van der Waals surface area contributed by atoms with Gasteiger partial charge in [-0.15, -0.1) is 13.2 Å². The van der Waals surface area contributed by atoms with Crippen LogP contribution in [0.3, 0.4) is 0 Å². The fourth-order valence-electron chi connectivity index (χ4n) is 1.70. The SMILES string of the molecule is COC(C)CNC(CN)c1ccccc1OC(F)(F)F. The Morgan fingerprint density at radius 1 is 1.30 bits per heavy atom. The quantitative estimate of drug-likeness (QED) is 0.809. The molecule has 7 heteroatoms. The highest BCUT2D eigenvalue weighted by molar-refractivity contribution is 5.36. The van der Waals surface area contributed by atoms with E-state index in [1.807, 2.05) is 6.92 Å². The molecule has 0 saturated heterocycles. The van der Waals surface area contributed by atoms with Crippen molar-refractivity contribution in [2.45, 2.75) is 25.4 Å². The van der Waals surface area contributed by atoms with Gasteiger partial charge in [0.1, 0.15) is 5.75 Å². The zero-order valence-corrected chi connectivity index (χ0v) is 11.4. The molecule has 114 valence electrons. The second-order valence-electron chi connectivity index (χ2n) is 4.33. The Labute approximate surface area is 116 Å². The van der Waals surface area contributed by atoms with Gasteiger partial charge in [0, 0.05) is 31.8 Å². The van der Waals surface area contributed by atoms with Gasteiger partial charge in [-0.2, -0.15) is 0 Å². The van der Waals surface area contributed by atoms with Crippen LogP contribution in [0.5, 0.6) is 5.75 Å². The largest absolute Gasteiger partial charge is 0.573 e. The lowest BCUT2D eigenvalue weighted by atomic mass is 10.1. The molecule has 0 heterocycles. The third-order valence-electron chi connectivity index (χ3n) is 2.81. The first kappa shape index (κ1) is 16.7. The van der Waals surface area contributed by atoms with Gasteiger partial charge in [0.25, 0.3) is 0 Å². The van der Waals surface area contributed by atoms with Gasteiger partial charge in [0.05, 0.1) is 6.10 Å². The number of alkyl halides is 3. The lowest BCUT2D eigenvalue weighted by molar-refractivity contribution is -0.275. The van der Waals surface area contributed by atoms with Crippen LogP contribution in [-0.4, -0.2) is 32.7 Å². The highest BCUT2D eigenvalue weighted by atomic mass is 19.4. The van der Waals surface area contributed by atoms with E-state index in [4.69, 9.17) is 10.5 Å². The Bertz CT molecular complexity index is 413. The van der Waals surface area contributed by atoms with Crippen molar-refractivity contribution in [1.29, 1.82) is 0 Å². The van der Waals surface area contributed by atoms with Crippen molar-refractivity contribution in [2.75, 3.05) is 20.2 Å². The topological polar surface area (TPSA) is 56.5 Å². The molecule has 4 nitrogen and oxygen atoms in total. The molecule has 1 aromatic carbocycles. The van der Waals surface area contributed by atoms with Crippen molar-refractivity contribution in [3.63, 3.8) is 0 Å². The summed E-state index contributed by atoms with van der Waals surface area (Å²) in [6.45, 7) is 2.46. The van der Waals surface area contributed by atoms with E-state index in [0.717, 1.165) is 0 Å². The van der Waals surface area contributed by atoms with Crippen molar-refractivity contribution in [2.24, 2.45) is 5.73 Å². The van der Waals surface area contributed by atoms with Crippen molar-refractivity contribution in [3.05, 3.63) is 29.8 Å². The Morgan fingerprint density at radius 2 is 1.95 bits per heavy atom. The molecule has 3 N–H and O–H groups in total. The van der Waals surface area contributed by atoms with Crippen molar-refractivity contribution < 1.29 is 22.6 Å². The van der Waals surface area contributed by atoms with E-state index in [-0.39, 0.29) is 18.4 Å². The number of halogens is 3. The van der Waals surface area contributed by atoms with Gasteiger partial charge in [-0.25, -0.2) is 0 Å². The minimum absolute atomic E-state index is 0.0697. The smallest absolute Gasteiger partial charge is 0.405 e. The summed E-state index contributed by atoms with van der Waals surface area (Å²) < 4.78 is 46.2. The number of para-hydroxylation sites is 1. The molecule has 0 aliphatic carbocycles. The summed E-state index contributed by atoms with van der Waals surface area (Å²) in [5, 5.41) is 3.07. The number of methoxy groups -OCH3 is 1. The highest BCUT2D eigenvalue weighted by Crippen LogP contribution is 2.29. The first-order valence-electron chi connectivity index (χ1n) is 6.18. The molecule has 0 fully saturated rings. The van der Waals surface area contributed by atoms with Crippen molar-refractivity contribution >= 4 is 0 Å². The van der Waals surface area contributed by atoms with Gasteiger partial charge < -0.3 is 20.5 Å². The average molecular weight is 292 g/mol. The van der Waals surface area contributed by atoms with E-state index >= 15 is 0 Å². The second-order valence-corrected chi connectivity index (χ2v) is 4.33. The summed E-state index contributed by atoms with van der Waals surface area (Å²) >= 11 is 0. The molecule has 0 aromatic heterocycles. The summed E-state index contributed by atoms with van der Waals surface area (Å²) in [7, 11) is 1.56. The average Bonchev–Trinajstić information content (AvgIpc) is 2.39. The third kappa shape index (κ3) is 5.36. The van der Waals surface area contributed by atoms with Gasteiger partial charge in [-0.1, -0.05) is 18.2 Å². The van der Waals surface area contributed by atoms with E-state index in [9.17, 15) is 13.2 Å². The fraction of sp³-hybridized carbons (Fsp3) is 0.538. The summed E-state index contributed by atoms with van der Waals surface area (Å²) in [6, 6.07) is 5.51. The Balaban J connectivity index is 2.86. The summed E-state index contributed by atoms with van der Waals surface area (Å²) in [5.74, 6) is -0.243. The monoisotopic (exact) mass is 292 g/mol. The highest BCUT2D eigenvalue weighted by Gasteiger charge is 2.32. The first-order valence-corrected chi connectivity index (χ1v) is 6.18. The maximum absolute atomic E-state index is 12.4. The van der Waals surface area contributed by atoms with E-state index in [1.54, 1.807) is 19.2 Å². The number of benzene rings is 1. The Morgan fingerprint density at radius 3 is 2.50 bits per heavy atom. The Hall–Kier alpha value is -1.31. The number of hydrogen-bond donors (Lipinski definition) is 2. The fourth-order valence-corrected chi connectivity index (χ4v) is 1.70. The molecule has 0 amide bonds. The zero-order valence-electron chi connectivity index (χ0n) is 11.4. The van der Waals surface area contributed by atoms with E-state index in [0.29, 0.717) is 12.1 Å². The lowest BCUT2D eigenvalue weighted by Gasteiger charge is -2.22. The van der Waals surface area contributed by atoms with E-state index < -0.39 is 12.4 Å². The molecule has 0 aliphatic heterocycles. The molecule has 1 rings (SSSR count). The van der Waals surface area contributed by atoms with Gasteiger partial charge in [0.2, 0.25) is 0 Å². The number of nitrogens with two attached hydrogens (primary N) is 1. The summed E-state index contributed by atoms with van der Waals surface area (Å²) in [4.78, 5) is 0. The molecule has 0 bridgehead atoms. The van der Waals surface area contributed by atoms with Gasteiger partial charge >= 0.3 is 6.36 Å². The molecule has 20 heavy (non-hydrogen) atoms. The van der Waals surface area contributed by atoms with Crippen LogP contribution >= 0.6 is 0 Å². The van der Waals surface area contributed by atoms with Gasteiger partial charge in [0.15, 0.2) is 0 Å². The van der Waals surface area contributed by atoms with Crippen molar-refractivity contribution in [1.82, 2.24) is 5.32 Å². The van der Waals surface area contributed by atoms with Gasteiger partial charge in [-0.3, -0.25) is 0 Å². The number of nitrogens with one attached hydrogen (secondary N) is 1. The molecule has 0 aliphatic rings. The molecular formula is C13H19F3N2O2. The Kier molecular flexibility index (Phi) is 6.25. The lowest BCUT2D eigenvalue weighted by Crippen LogP contribution is -2.34. The number of rotatable bonds is 7. The van der Waals surface area contributed by atoms with Crippen LogP contribution < -0.4 is 15.8 Å². The third-order valence-corrected chi connectivity index (χ3v) is 2.81. The molecule has 0 radical (unpaired) electrons. The maximum Gasteiger partial charge on any atom is 0.573 e. The summed E-state index contributed by atoms with van der Waals surface area (Å²) in [5.41, 5.74) is 6.00. The molecule has 0 spiro atoms. The van der Waals surface area contributed by atoms with E-state index in [2.05, 4.69) is 10.1 Å². The van der Waals surface area contributed by atoms with Crippen LogP contribution in [0.25, 0.3) is 0 Å². The predicted octanol–water partition coefficient (Wildman–Crippen LogP) is 2.21. The molecule has 0 saturated carbocycles. The number of ether oxygens (including phenoxy) is 2. The minimum atomic E-state index is -4.73. The summed E-state index contributed by atoms with van der Waals surface area (Å²) in [6.07, 6.45) is -4.80. The van der Waals surface area contributed by atoms with Gasteiger partial charge in [-0.05, 0) is 13.0 Å². The first-order chi connectivity index (χ1) is 9.37. The van der Waals surface area contributed by atoms with Crippen LogP contribution in [0.4, 0.5) is 13.2 Å².